The summed E-state index contributed by atoms with van der Waals surface area (Å²) in [6, 6.07) is 12.6. The first-order valence-corrected chi connectivity index (χ1v) is 9.39. The maximum atomic E-state index is 13.1. The van der Waals surface area contributed by atoms with E-state index in [0.717, 1.165) is 19.6 Å². The molecule has 2 aliphatic rings. The van der Waals surface area contributed by atoms with E-state index in [-0.39, 0.29) is 5.91 Å². The molecule has 6 nitrogen and oxygen atoms in total. The Labute approximate surface area is 157 Å². The first-order valence-electron chi connectivity index (χ1n) is 9.39. The van der Waals surface area contributed by atoms with E-state index in [2.05, 4.69) is 53.3 Å². The minimum atomic E-state index is -0.0777. The highest BCUT2D eigenvalue weighted by molar-refractivity contribution is 6.02. The Balaban J connectivity index is 1.43. The van der Waals surface area contributed by atoms with Gasteiger partial charge in [-0.3, -0.25) is 9.69 Å². The van der Waals surface area contributed by atoms with E-state index in [4.69, 9.17) is 4.52 Å². The summed E-state index contributed by atoms with van der Waals surface area (Å²) in [6.45, 7) is 4.68. The van der Waals surface area contributed by atoms with Gasteiger partial charge in [0.05, 0.1) is 5.39 Å². The van der Waals surface area contributed by atoms with Gasteiger partial charge in [-0.1, -0.05) is 29.4 Å². The average Bonchev–Trinajstić information content (AvgIpc) is 3.34. The van der Waals surface area contributed by atoms with Gasteiger partial charge in [0.25, 0.3) is 5.91 Å². The van der Waals surface area contributed by atoms with Crippen LogP contribution in [0.2, 0.25) is 0 Å². The lowest BCUT2D eigenvalue weighted by Crippen LogP contribution is -2.33. The van der Waals surface area contributed by atoms with Gasteiger partial charge in [-0.05, 0) is 43.1 Å². The van der Waals surface area contributed by atoms with Crippen molar-refractivity contribution in [2.45, 2.75) is 13.0 Å². The zero-order valence-electron chi connectivity index (χ0n) is 15.5. The van der Waals surface area contributed by atoms with Crippen LogP contribution >= 0.6 is 0 Å². The zero-order valence-corrected chi connectivity index (χ0v) is 15.5. The Bertz CT molecular complexity index is 1010. The van der Waals surface area contributed by atoms with Gasteiger partial charge in [-0.15, -0.1) is 0 Å². The fourth-order valence-electron chi connectivity index (χ4n) is 4.89. The highest BCUT2D eigenvalue weighted by Crippen LogP contribution is 2.45. The predicted octanol–water partition coefficient (Wildman–Crippen LogP) is 2.91. The van der Waals surface area contributed by atoms with E-state index in [0.29, 0.717) is 34.7 Å². The van der Waals surface area contributed by atoms with Crippen LogP contribution in [0.4, 0.5) is 0 Å². The Morgan fingerprint density at radius 2 is 2.00 bits per heavy atom. The monoisotopic (exact) mass is 362 g/mol. The van der Waals surface area contributed by atoms with Crippen molar-refractivity contribution < 1.29 is 9.32 Å². The van der Waals surface area contributed by atoms with Crippen LogP contribution < -0.4 is 0 Å². The lowest BCUT2D eigenvalue weighted by atomic mass is 9.88. The van der Waals surface area contributed by atoms with Crippen LogP contribution in [-0.4, -0.2) is 52.5 Å². The molecule has 0 N–H and O–H groups in total. The number of aryl methyl sites for hydroxylation is 1. The quantitative estimate of drug-likeness (QED) is 0.701. The molecule has 0 spiro atoms. The van der Waals surface area contributed by atoms with Crippen molar-refractivity contribution >= 4 is 16.9 Å². The predicted molar refractivity (Wildman–Crippen MR) is 101 cm³/mol. The average molecular weight is 362 g/mol. The van der Waals surface area contributed by atoms with Gasteiger partial charge in [0.1, 0.15) is 0 Å². The first kappa shape index (κ1) is 16.4. The molecular weight excluding hydrogens is 340 g/mol. The molecule has 6 heteroatoms. The molecule has 2 aromatic heterocycles. The molecule has 2 fully saturated rings. The van der Waals surface area contributed by atoms with Crippen LogP contribution in [0.1, 0.15) is 27.7 Å². The van der Waals surface area contributed by atoms with Crippen molar-refractivity contribution in [3.63, 3.8) is 0 Å². The summed E-state index contributed by atoms with van der Waals surface area (Å²) in [7, 11) is 2.19. The van der Waals surface area contributed by atoms with Gasteiger partial charge in [0.15, 0.2) is 0 Å². The van der Waals surface area contributed by atoms with Gasteiger partial charge in [-0.25, -0.2) is 4.98 Å². The van der Waals surface area contributed by atoms with Gasteiger partial charge in [-0.2, -0.15) is 0 Å². The summed E-state index contributed by atoms with van der Waals surface area (Å²) >= 11 is 0. The molecule has 1 amide bonds. The van der Waals surface area contributed by atoms with E-state index in [1.165, 1.54) is 11.1 Å². The Morgan fingerprint density at radius 3 is 2.85 bits per heavy atom. The third-order valence-electron chi connectivity index (χ3n) is 6.14. The molecule has 0 bridgehead atoms. The number of amides is 1. The molecule has 1 aromatic carbocycles. The molecule has 0 unspecified atom stereocenters. The number of hydrogen-bond acceptors (Lipinski definition) is 5. The lowest BCUT2D eigenvalue weighted by molar-refractivity contribution is 0.0729. The maximum Gasteiger partial charge on any atom is 0.293 e. The minimum Gasteiger partial charge on any atom is -0.348 e. The standard InChI is InChI=1S/C21H22N4O2/c1-13-6-3-4-7-15(13)18-17-12-25(11-14(17)10-24(18)2)21(26)19-16-8-5-9-22-20(16)23-27-19/h3-9,14,17-18H,10-12H2,1-2H3/t14-,17+,18-/m0/s1. The van der Waals surface area contributed by atoms with Crippen LogP contribution in [-0.2, 0) is 0 Å². The topological polar surface area (TPSA) is 62.5 Å². The number of benzene rings is 1. The highest BCUT2D eigenvalue weighted by atomic mass is 16.5. The summed E-state index contributed by atoms with van der Waals surface area (Å²) in [5.41, 5.74) is 3.17. The second-order valence-corrected chi connectivity index (χ2v) is 7.76. The number of hydrogen-bond donors (Lipinski definition) is 0. The second kappa shape index (κ2) is 6.16. The van der Waals surface area contributed by atoms with Crippen LogP contribution in [0.15, 0.2) is 47.1 Å². The van der Waals surface area contributed by atoms with Gasteiger partial charge in [0, 0.05) is 37.8 Å². The van der Waals surface area contributed by atoms with E-state index in [1.807, 2.05) is 11.0 Å². The number of aromatic nitrogens is 2. The highest BCUT2D eigenvalue weighted by Gasteiger charge is 2.48. The maximum absolute atomic E-state index is 13.1. The van der Waals surface area contributed by atoms with Crippen LogP contribution in [0, 0.1) is 18.8 Å². The molecule has 3 atom stereocenters. The molecule has 5 rings (SSSR count). The molecule has 4 heterocycles. The zero-order chi connectivity index (χ0) is 18.5. The third-order valence-corrected chi connectivity index (χ3v) is 6.14. The Kier molecular flexibility index (Phi) is 3.75. The normalized spacial score (nSPS) is 25.3. The number of carbonyl (C=O) groups excluding carboxylic acids is 1. The van der Waals surface area contributed by atoms with Gasteiger partial charge < -0.3 is 9.42 Å². The van der Waals surface area contributed by atoms with Gasteiger partial charge >= 0.3 is 0 Å². The van der Waals surface area contributed by atoms with Crippen LogP contribution in [0.25, 0.3) is 11.0 Å². The number of nitrogens with zero attached hydrogens (tertiary/aromatic N) is 4. The van der Waals surface area contributed by atoms with Crippen molar-refractivity contribution in [2.24, 2.45) is 11.8 Å². The minimum absolute atomic E-state index is 0.0777. The van der Waals surface area contributed by atoms with E-state index < -0.39 is 0 Å². The summed E-state index contributed by atoms with van der Waals surface area (Å²) in [5, 5.41) is 4.61. The smallest absolute Gasteiger partial charge is 0.293 e. The van der Waals surface area contributed by atoms with Crippen molar-refractivity contribution in [1.82, 2.24) is 19.9 Å². The number of rotatable bonds is 2. The van der Waals surface area contributed by atoms with Crippen molar-refractivity contribution in [2.75, 3.05) is 26.7 Å². The van der Waals surface area contributed by atoms with Crippen molar-refractivity contribution in [1.29, 1.82) is 0 Å². The number of pyridine rings is 1. The van der Waals surface area contributed by atoms with Crippen LogP contribution in [0.5, 0.6) is 0 Å². The third kappa shape index (κ3) is 2.55. The Morgan fingerprint density at radius 1 is 1.15 bits per heavy atom. The van der Waals surface area contributed by atoms with E-state index in [1.54, 1.807) is 12.3 Å². The molecule has 2 saturated heterocycles. The fraction of sp³-hybridized carbons (Fsp3) is 0.381. The summed E-state index contributed by atoms with van der Waals surface area (Å²) in [4.78, 5) is 21.6. The van der Waals surface area contributed by atoms with Crippen LogP contribution in [0.3, 0.4) is 0 Å². The number of fused-ring (bicyclic) bond motifs is 2. The number of carbonyl (C=O) groups is 1. The van der Waals surface area contributed by atoms with E-state index >= 15 is 0 Å². The molecule has 0 saturated carbocycles. The molecular formula is C21H22N4O2. The fourth-order valence-corrected chi connectivity index (χ4v) is 4.89. The Hall–Kier alpha value is -2.73. The first-order chi connectivity index (χ1) is 13.1. The summed E-state index contributed by atoms with van der Waals surface area (Å²) < 4.78 is 5.35. The second-order valence-electron chi connectivity index (χ2n) is 7.76. The summed E-state index contributed by atoms with van der Waals surface area (Å²) in [5.74, 6) is 1.15. The molecule has 138 valence electrons. The largest absolute Gasteiger partial charge is 0.348 e. The van der Waals surface area contributed by atoms with Crippen molar-refractivity contribution in [3.8, 4) is 0 Å². The van der Waals surface area contributed by atoms with E-state index in [9.17, 15) is 4.79 Å². The molecule has 27 heavy (non-hydrogen) atoms. The molecule has 3 aromatic rings. The molecule has 0 aliphatic carbocycles. The van der Waals surface area contributed by atoms with Crippen molar-refractivity contribution in [3.05, 3.63) is 59.5 Å². The summed E-state index contributed by atoms with van der Waals surface area (Å²) in [6.07, 6.45) is 1.65. The lowest BCUT2D eigenvalue weighted by Gasteiger charge is -2.27. The molecule has 0 radical (unpaired) electrons. The van der Waals surface area contributed by atoms with Gasteiger partial charge in [0.2, 0.25) is 11.4 Å². The number of likely N-dealkylation sites (tertiary alicyclic amines) is 2. The SMILES string of the molecule is Cc1ccccc1[C@H]1[C@@H]2CN(C(=O)c3onc4ncccc34)C[C@@H]2CN1C. The molecule has 2 aliphatic heterocycles.